The highest BCUT2D eigenvalue weighted by Crippen LogP contribution is 2.42. The maximum absolute atomic E-state index is 12.0. The highest BCUT2D eigenvalue weighted by molar-refractivity contribution is 5.64. The van der Waals surface area contributed by atoms with Gasteiger partial charge < -0.3 is 9.57 Å². The van der Waals surface area contributed by atoms with Gasteiger partial charge in [-0.05, 0) is 46.1 Å². The first-order valence-electron chi connectivity index (χ1n) is 7.43. The van der Waals surface area contributed by atoms with Gasteiger partial charge in [-0.3, -0.25) is 4.90 Å². The topological polar surface area (TPSA) is 34.1 Å². The van der Waals surface area contributed by atoms with Crippen LogP contribution in [-0.2, 0) is 9.57 Å². The summed E-state index contributed by atoms with van der Waals surface area (Å²) in [6.45, 7) is 4.30. The minimum atomic E-state index is -4.34. The summed E-state index contributed by atoms with van der Waals surface area (Å²) >= 11 is 0. The highest BCUT2D eigenvalue weighted by Gasteiger charge is 2.49. The zero-order valence-corrected chi connectivity index (χ0v) is 12.5. The zero-order valence-electron chi connectivity index (χ0n) is 12.5. The van der Waals surface area contributed by atoms with E-state index < -0.39 is 12.8 Å². The molecule has 0 aliphatic carbocycles. The van der Waals surface area contributed by atoms with Gasteiger partial charge in [-0.1, -0.05) is 5.16 Å². The van der Waals surface area contributed by atoms with Crippen molar-refractivity contribution in [1.29, 1.82) is 0 Å². The summed E-state index contributed by atoms with van der Waals surface area (Å²) < 4.78 is 41.7. The predicted octanol–water partition coefficient (Wildman–Crippen LogP) is 2.97. The molecule has 0 aromatic heterocycles. The molecule has 0 unspecified atom stereocenters. The fourth-order valence-corrected chi connectivity index (χ4v) is 3.25. The third-order valence-electron chi connectivity index (χ3n) is 4.18. The Labute approximate surface area is 123 Å². The molecule has 2 heterocycles. The molecule has 2 aliphatic rings. The summed E-state index contributed by atoms with van der Waals surface area (Å²) in [6.07, 6.45) is 1.41. The summed E-state index contributed by atoms with van der Waals surface area (Å²) in [4.78, 5) is 6.64. The van der Waals surface area contributed by atoms with Crippen LogP contribution in [0.2, 0.25) is 0 Å². The van der Waals surface area contributed by atoms with Crippen molar-refractivity contribution in [3.8, 4) is 0 Å². The summed E-state index contributed by atoms with van der Waals surface area (Å²) in [5.41, 5.74) is 0.0327. The Hall–Kier alpha value is -0.820. The van der Waals surface area contributed by atoms with Gasteiger partial charge in [0.15, 0.2) is 0 Å². The standard InChI is InChI=1S/C14H23F3N2O2/c1-11(2)20-9-13-5-3-7-19(13)12(4-6-13)8-18-21-10-14(15,16)17/h8,11-12H,3-7,9-10H2,1-2H3/b18-8+/t12-,13-/m0/s1. The van der Waals surface area contributed by atoms with Crippen LogP contribution >= 0.6 is 0 Å². The maximum atomic E-state index is 12.0. The number of ether oxygens (including phenoxy) is 1. The van der Waals surface area contributed by atoms with Crippen LogP contribution in [0.5, 0.6) is 0 Å². The lowest BCUT2D eigenvalue weighted by molar-refractivity contribution is -0.173. The lowest BCUT2D eigenvalue weighted by atomic mass is 9.95. The molecule has 2 rings (SSSR count). The number of oxime groups is 1. The first-order chi connectivity index (χ1) is 9.82. The molecule has 0 aromatic rings. The van der Waals surface area contributed by atoms with Gasteiger partial charge in [0.1, 0.15) is 0 Å². The van der Waals surface area contributed by atoms with Crippen LogP contribution < -0.4 is 0 Å². The second-order valence-electron chi connectivity index (χ2n) is 6.13. The number of fused-ring (bicyclic) bond motifs is 1. The number of alkyl halides is 3. The van der Waals surface area contributed by atoms with Crippen molar-refractivity contribution in [2.24, 2.45) is 5.16 Å². The quantitative estimate of drug-likeness (QED) is 0.559. The van der Waals surface area contributed by atoms with Gasteiger partial charge in [0.25, 0.3) is 0 Å². The lowest BCUT2D eigenvalue weighted by Crippen LogP contribution is -2.46. The van der Waals surface area contributed by atoms with Crippen LogP contribution in [0.25, 0.3) is 0 Å². The second kappa shape index (κ2) is 6.52. The van der Waals surface area contributed by atoms with Gasteiger partial charge >= 0.3 is 6.18 Å². The number of halogens is 3. The fraction of sp³-hybridized carbons (Fsp3) is 0.929. The van der Waals surface area contributed by atoms with Crippen LogP contribution in [0, 0.1) is 0 Å². The Kier molecular flexibility index (Phi) is 5.14. The van der Waals surface area contributed by atoms with Crippen LogP contribution in [0.1, 0.15) is 39.5 Å². The molecule has 0 amide bonds. The van der Waals surface area contributed by atoms with Gasteiger partial charge in [-0.15, -0.1) is 0 Å². The van der Waals surface area contributed by atoms with Crippen molar-refractivity contribution in [1.82, 2.24) is 4.90 Å². The lowest BCUT2D eigenvalue weighted by Gasteiger charge is -2.34. The summed E-state index contributed by atoms with van der Waals surface area (Å²) in [6, 6.07) is 0.0523. The molecule has 2 atom stereocenters. The van der Waals surface area contributed by atoms with E-state index in [-0.39, 0.29) is 17.7 Å². The van der Waals surface area contributed by atoms with Gasteiger partial charge in [0.05, 0.1) is 18.9 Å². The van der Waals surface area contributed by atoms with Gasteiger partial charge in [-0.2, -0.15) is 13.2 Å². The monoisotopic (exact) mass is 308 g/mol. The number of hydrogen-bond acceptors (Lipinski definition) is 4. The Morgan fingerprint density at radius 1 is 1.38 bits per heavy atom. The third kappa shape index (κ3) is 4.32. The second-order valence-corrected chi connectivity index (χ2v) is 6.13. The van der Waals surface area contributed by atoms with Crippen molar-refractivity contribution in [2.45, 2.75) is 63.4 Å². The van der Waals surface area contributed by atoms with E-state index in [1.807, 2.05) is 13.8 Å². The average Bonchev–Trinajstić information content (AvgIpc) is 2.91. The van der Waals surface area contributed by atoms with Gasteiger partial charge in [0.2, 0.25) is 6.61 Å². The van der Waals surface area contributed by atoms with Gasteiger partial charge in [0, 0.05) is 11.6 Å². The summed E-state index contributed by atoms with van der Waals surface area (Å²) in [5.74, 6) is 0. The largest absolute Gasteiger partial charge is 0.425 e. The van der Waals surface area contributed by atoms with E-state index in [4.69, 9.17) is 4.74 Å². The Morgan fingerprint density at radius 2 is 2.14 bits per heavy atom. The molecule has 4 nitrogen and oxygen atoms in total. The predicted molar refractivity (Wildman–Crippen MR) is 73.3 cm³/mol. The molecule has 0 saturated carbocycles. The first-order valence-corrected chi connectivity index (χ1v) is 7.43. The van der Waals surface area contributed by atoms with Crippen LogP contribution in [0.15, 0.2) is 5.16 Å². The van der Waals surface area contributed by atoms with Gasteiger partial charge in [-0.25, -0.2) is 0 Å². The molecule has 2 fully saturated rings. The van der Waals surface area contributed by atoms with Crippen molar-refractivity contribution in [3.05, 3.63) is 0 Å². The fourth-order valence-electron chi connectivity index (χ4n) is 3.25. The molecular formula is C14H23F3N2O2. The molecule has 122 valence electrons. The molecule has 7 heteroatoms. The van der Waals surface area contributed by atoms with E-state index >= 15 is 0 Å². The van der Waals surface area contributed by atoms with Crippen molar-refractivity contribution in [3.63, 3.8) is 0 Å². The Bertz CT molecular complexity index is 374. The molecule has 0 N–H and O–H groups in total. The highest BCUT2D eigenvalue weighted by atomic mass is 19.4. The molecule has 0 bridgehead atoms. The van der Waals surface area contributed by atoms with Crippen LogP contribution in [0.3, 0.4) is 0 Å². The van der Waals surface area contributed by atoms with Crippen molar-refractivity contribution >= 4 is 6.21 Å². The van der Waals surface area contributed by atoms with E-state index in [2.05, 4.69) is 14.9 Å². The SMILES string of the molecule is CC(C)OC[C@@]12CCCN1[C@H](/C=N/OCC(F)(F)F)CC2. The van der Waals surface area contributed by atoms with Crippen molar-refractivity contribution < 1.29 is 22.7 Å². The minimum Gasteiger partial charge on any atom is -0.386 e. The van der Waals surface area contributed by atoms with Crippen LogP contribution in [-0.4, -0.2) is 54.7 Å². The number of hydrogen-bond donors (Lipinski definition) is 0. The smallest absolute Gasteiger partial charge is 0.386 e. The normalized spacial score (nSPS) is 30.5. The maximum Gasteiger partial charge on any atom is 0.425 e. The molecule has 2 saturated heterocycles. The molecular weight excluding hydrogens is 285 g/mol. The Balaban J connectivity index is 1.88. The summed E-state index contributed by atoms with van der Waals surface area (Å²) in [5, 5.41) is 3.50. The third-order valence-corrected chi connectivity index (χ3v) is 4.18. The van der Waals surface area contributed by atoms with E-state index in [1.165, 1.54) is 6.21 Å². The molecule has 21 heavy (non-hydrogen) atoms. The van der Waals surface area contributed by atoms with E-state index in [0.717, 1.165) is 32.2 Å². The van der Waals surface area contributed by atoms with Crippen molar-refractivity contribution in [2.75, 3.05) is 19.8 Å². The average molecular weight is 308 g/mol. The number of rotatable bonds is 6. The van der Waals surface area contributed by atoms with E-state index in [0.29, 0.717) is 6.61 Å². The zero-order chi connectivity index (χ0) is 15.5. The number of nitrogens with zero attached hydrogens (tertiary/aromatic N) is 2. The van der Waals surface area contributed by atoms with E-state index in [9.17, 15) is 13.2 Å². The molecule has 0 spiro atoms. The Morgan fingerprint density at radius 3 is 2.81 bits per heavy atom. The molecule has 0 aromatic carbocycles. The van der Waals surface area contributed by atoms with Crippen LogP contribution in [0.4, 0.5) is 13.2 Å². The van der Waals surface area contributed by atoms with E-state index in [1.54, 1.807) is 0 Å². The minimum absolute atomic E-state index is 0.0327. The summed E-state index contributed by atoms with van der Waals surface area (Å²) in [7, 11) is 0. The molecule has 0 radical (unpaired) electrons. The molecule has 2 aliphatic heterocycles. The first kappa shape index (κ1) is 16.5.